The summed E-state index contributed by atoms with van der Waals surface area (Å²) in [5, 5.41) is 3.15. The molecule has 3 nitrogen and oxygen atoms in total. The molecule has 0 bridgehead atoms. The first kappa shape index (κ1) is 15.3. The Bertz CT molecular complexity index is 734. The topological polar surface area (TPSA) is 32.3 Å². The number of carbonyl (C=O) groups is 1. The fourth-order valence-corrected chi connectivity index (χ4v) is 2.92. The maximum atomic E-state index is 12.4. The van der Waals surface area contributed by atoms with Crippen molar-refractivity contribution < 1.29 is 4.79 Å². The highest BCUT2D eigenvalue weighted by Gasteiger charge is 2.29. The molecule has 2 aromatic rings. The summed E-state index contributed by atoms with van der Waals surface area (Å²) in [6.45, 7) is 6.13. The molecule has 118 valence electrons. The van der Waals surface area contributed by atoms with E-state index < -0.39 is 0 Å². The zero-order valence-electron chi connectivity index (χ0n) is 13.8. The van der Waals surface area contributed by atoms with Crippen LogP contribution in [-0.4, -0.2) is 17.0 Å². The molecular formula is C20H22N2O. The number of nitrogens with one attached hydrogen (secondary N) is 1. The Kier molecular flexibility index (Phi) is 4.20. The number of amides is 2. The molecule has 1 atom stereocenters. The van der Waals surface area contributed by atoms with Gasteiger partial charge in [-0.05, 0) is 31.9 Å². The number of nitrogens with zero attached hydrogens (tertiary/aromatic N) is 1. The highest BCUT2D eigenvalue weighted by molar-refractivity contribution is 5.86. The second kappa shape index (κ2) is 6.29. The molecule has 1 heterocycles. The lowest BCUT2D eigenvalue weighted by Gasteiger charge is -2.35. The summed E-state index contributed by atoms with van der Waals surface area (Å²) < 4.78 is 0. The van der Waals surface area contributed by atoms with Crippen molar-refractivity contribution >= 4 is 11.6 Å². The smallest absolute Gasteiger partial charge is 0.322 e. The molecule has 2 aromatic carbocycles. The van der Waals surface area contributed by atoms with Gasteiger partial charge in [0.15, 0.2) is 0 Å². The summed E-state index contributed by atoms with van der Waals surface area (Å²) in [7, 11) is 0. The lowest BCUT2D eigenvalue weighted by molar-refractivity contribution is 0.200. The van der Waals surface area contributed by atoms with E-state index in [2.05, 4.69) is 48.6 Å². The van der Waals surface area contributed by atoms with Crippen molar-refractivity contribution in [2.75, 3.05) is 0 Å². The van der Waals surface area contributed by atoms with Crippen LogP contribution in [0.25, 0.3) is 5.57 Å². The second-order valence-electron chi connectivity index (χ2n) is 6.25. The third-order valence-corrected chi connectivity index (χ3v) is 4.13. The van der Waals surface area contributed by atoms with Crippen LogP contribution >= 0.6 is 0 Å². The summed E-state index contributed by atoms with van der Waals surface area (Å²) in [6, 6.07) is 18.5. The summed E-state index contributed by atoms with van der Waals surface area (Å²) in [4.78, 5) is 14.2. The number of benzene rings is 2. The number of urea groups is 1. The average Bonchev–Trinajstić information content (AvgIpc) is 2.55. The SMILES string of the molecule is Cc1cccc(C2=CN(C(C)C)C(=O)NC2c2ccccc2)c1. The molecule has 3 heteroatoms. The van der Waals surface area contributed by atoms with Crippen LogP contribution in [0.15, 0.2) is 60.8 Å². The molecule has 0 aliphatic carbocycles. The molecule has 0 saturated carbocycles. The Labute approximate surface area is 137 Å². The van der Waals surface area contributed by atoms with E-state index in [0.717, 1.165) is 16.7 Å². The molecule has 0 aromatic heterocycles. The quantitative estimate of drug-likeness (QED) is 0.889. The summed E-state index contributed by atoms with van der Waals surface area (Å²) in [5.74, 6) is 0. The fraction of sp³-hybridized carbons (Fsp3) is 0.250. The van der Waals surface area contributed by atoms with Crippen molar-refractivity contribution in [3.63, 3.8) is 0 Å². The van der Waals surface area contributed by atoms with Crippen LogP contribution in [0.3, 0.4) is 0 Å². The van der Waals surface area contributed by atoms with E-state index in [1.54, 1.807) is 4.90 Å². The van der Waals surface area contributed by atoms with Crippen molar-refractivity contribution in [3.8, 4) is 0 Å². The zero-order chi connectivity index (χ0) is 16.4. The lowest BCUT2D eigenvalue weighted by Crippen LogP contribution is -2.46. The van der Waals surface area contributed by atoms with Gasteiger partial charge in [0, 0.05) is 17.8 Å². The molecule has 0 radical (unpaired) electrons. The number of rotatable bonds is 3. The van der Waals surface area contributed by atoms with E-state index in [1.807, 2.05) is 38.2 Å². The largest absolute Gasteiger partial charge is 0.327 e. The first-order valence-corrected chi connectivity index (χ1v) is 7.99. The predicted octanol–water partition coefficient (Wildman–Crippen LogP) is 4.51. The molecular weight excluding hydrogens is 284 g/mol. The minimum Gasteiger partial charge on any atom is -0.327 e. The molecule has 23 heavy (non-hydrogen) atoms. The molecule has 0 saturated heterocycles. The Hall–Kier alpha value is -2.55. The van der Waals surface area contributed by atoms with Gasteiger partial charge < -0.3 is 5.32 Å². The van der Waals surface area contributed by atoms with Gasteiger partial charge in [0.2, 0.25) is 0 Å². The average molecular weight is 306 g/mol. The lowest BCUT2D eigenvalue weighted by atomic mass is 9.91. The number of carbonyl (C=O) groups excluding carboxylic acids is 1. The van der Waals surface area contributed by atoms with Crippen LogP contribution in [0.1, 0.15) is 36.6 Å². The van der Waals surface area contributed by atoms with E-state index in [-0.39, 0.29) is 18.1 Å². The number of aryl methyl sites for hydroxylation is 1. The Balaban J connectivity index is 2.11. The van der Waals surface area contributed by atoms with Crippen LogP contribution < -0.4 is 5.32 Å². The molecule has 2 amide bonds. The Morgan fingerprint density at radius 2 is 1.78 bits per heavy atom. The summed E-state index contributed by atoms with van der Waals surface area (Å²) >= 11 is 0. The minimum absolute atomic E-state index is 0.0507. The second-order valence-corrected chi connectivity index (χ2v) is 6.25. The number of hydrogen-bond acceptors (Lipinski definition) is 1. The standard InChI is InChI=1S/C20H22N2O/c1-14(2)22-13-18(17-11-7-8-15(3)12-17)19(21-20(22)23)16-9-5-4-6-10-16/h4-14,19H,1-3H3,(H,21,23). The molecule has 1 aliphatic heterocycles. The van der Waals surface area contributed by atoms with Gasteiger partial charge in [-0.3, -0.25) is 4.90 Å². The van der Waals surface area contributed by atoms with Crippen LogP contribution in [0, 0.1) is 6.92 Å². The third kappa shape index (κ3) is 3.14. The Morgan fingerprint density at radius 3 is 2.43 bits per heavy atom. The number of hydrogen-bond donors (Lipinski definition) is 1. The van der Waals surface area contributed by atoms with Crippen molar-refractivity contribution in [1.29, 1.82) is 0 Å². The molecule has 1 N–H and O–H groups in total. The van der Waals surface area contributed by atoms with Gasteiger partial charge in [-0.25, -0.2) is 4.79 Å². The minimum atomic E-state index is -0.125. The van der Waals surface area contributed by atoms with Gasteiger partial charge in [-0.15, -0.1) is 0 Å². The highest BCUT2D eigenvalue weighted by Crippen LogP contribution is 2.34. The van der Waals surface area contributed by atoms with Crippen molar-refractivity contribution in [3.05, 3.63) is 77.5 Å². The van der Waals surface area contributed by atoms with Crippen LogP contribution in [0.2, 0.25) is 0 Å². The van der Waals surface area contributed by atoms with Crippen LogP contribution in [0.5, 0.6) is 0 Å². The van der Waals surface area contributed by atoms with Crippen molar-refractivity contribution in [1.82, 2.24) is 10.2 Å². The summed E-state index contributed by atoms with van der Waals surface area (Å²) in [6.07, 6.45) is 2.00. The molecule has 1 aliphatic rings. The van der Waals surface area contributed by atoms with E-state index in [0.29, 0.717) is 0 Å². The third-order valence-electron chi connectivity index (χ3n) is 4.13. The van der Waals surface area contributed by atoms with Crippen LogP contribution in [-0.2, 0) is 0 Å². The van der Waals surface area contributed by atoms with Crippen molar-refractivity contribution in [2.24, 2.45) is 0 Å². The van der Waals surface area contributed by atoms with Gasteiger partial charge in [0.05, 0.1) is 6.04 Å². The maximum Gasteiger partial charge on any atom is 0.322 e. The Morgan fingerprint density at radius 1 is 1.04 bits per heavy atom. The molecule has 1 unspecified atom stereocenters. The van der Waals surface area contributed by atoms with Crippen molar-refractivity contribution in [2.45, 2.75) is 32.9 Å². The molecule has 0 spiro atoms. The van der Waals surface area contributed by atoms with E-state index >= 15 is 0 Å². The van der Waals surface area contributed by atoms with Crippen LogP contribution in [0.4, 0.5) is 4.79 Å². The zero-order valence-corrected chi connectivity index (χ0v) is 13.8. The first-order chi connectivity index (χ1) is 11.1. The van der Waals surface area contributed by atoms with E-state index in [4.69, 9.17) is 0 Å². The monoisotopic (exact) mass is 306 g/mol. The summed E-state index contributed by atoms with van der Waals surface area (Å²) in [5.41, 5.74) is 4.57. The highest BCUT2D eigenvalue weighted by atomic mass is 16.2. The van der Waals surface area contributed by atoms with E-state index in [1.165, 1.54) is 5.56 Å². The van der Waals surface area contributed by atoms with Gasteiger partial charge in [0.25, 0.3) is 0 Å². The normalized spacial score (nSPS) is 17.9. The van der Waals surface area contributed by atoms with E-state index in [9.17, 15) is 4.79 Å². The van der Waals surface area contributed by atoms with Gasteiger partial charge >= 0.3 is 6.03 Å². The van der Waals surface area contributed by atoms with Gasteiger partial charge in [-0.2, -0.15) is 0 Å². The maximum absolute atomic E-state index is 12.4. The first-order valence-electron chi connectivity index (χ1n) is 7.99. The van der Waals surface area contributed by atoms with Gasteiger partial charge in [-0.1, -0.05) is 60.2 Å². The molecule has 0 fully saturated rings. The molecule has 3 rings (SSSR count). The predicted molar refractivity (Wildman–Crippen MR) is 93.8 cm³/mol. The fourth-order valence-electron chi connectivity index (χ4n) is 2.92. The van der Waals surface area contributed by atoms with Gasteiger partial charge in [0.1, 0.15) is 0 Å².